The Hall–Kier alpha value is -2.58. The van der Waals surface area contributed by atoms with Gasteiger partial charge in [-0.25, -0.2) is 0 Å². The van der Waals surface area contributed by atoms with Gasteiger partial charge in [-0.15, -0.1) is 0 Å². The van der Waals surface area contributed by atoms with Gasteiger partial charge in [0.1, 0.15) is 0 Å². The van der Waals surface area contributed by atoms with Gasteiger partial charge in [-0.1, -0.05) is 59.7 Å². The van der Waals surface area contributed by atoms with Crippen molar-refractivity contribution in [3.05, 3.63) is 99.6 Å². The fourth-order valence-corrected chi connectivity index (χ4v) is 3.58. The summed E-state index contributed by atoms with van der Waals surface area (Å²) in [4.78, 5) is 0. The van der Waals surface area contributed by atoms with Gasteiger partial charge in [0, 0.05) is 25.3 Å². The second kappa shape index (κ2) is 8.88. The molecular formula is C25H30N2. The molecule has 0 aliphatic heterocycles. The third-order valence-corrected chi connectivity index (χ3v) is 4.68. The van der Waals surface area contributed by atoms with Crippen molar-refractivity contribution in [1.29, 1.82) is 0 Å². The molecule has 0 radical (unpaired) electrons. The van der Waals surface area contributed by atoms with E-state index in [2.05, 4.69) is 99.0 Å². The molecule has 0 aromatic heterocycles. The standard InChI is InChI=1S/C25H30N2/c1-18-9-19(2)12-24(11-18)16-26-15-22-5-7-23(8-6-22)17-27-25-13-20(3)10-21(4)14-25/h5-14,26-27H,15-17H2,1-4H3. The van der Waals surface area contributed by atoms with Crippen LogP contribution in [0.4, 0.5) is 5.69 Å². The lowest BCUT2D eigenvalue weighted by Gasteiger charge is -2.10. The molecule has 0 spiro atoms. The summed E-state index contributed by atoms with van der Waals surface area (Å²) in [6, 6.07) is 22.2. The van der Waals surface area contributed by atoms with Gasteiger partial charge in [-0.05, 0) is 67.6 Å². The number of benzene rings is 3. The minimum absolute atomic E-state index is 0.846. The molecule has 0 aliphatic carbocycles. The Morgan fingerprint density at radius 1 is 0.519 bits per heavy atom. The van der Waals surface area contributed by atoms with Crippen molar-refractivity contribution in [2.45, 2.75) is 47.3 Å². The third kappa shape index (κ3) is 5.97. The zero-order valence-corrected chi connectivity index (χ0v) is 16.9. The topological polar surface area (TPSA) is 24.1 Å². The maximum Gasteiger partial charge on any atom is 0.0400 e. The smallest absolute Gasteiger partial charge is 0.0400 e. The number of nitrogens with one attached hydrogen (secondary N) is 2. The molecule has 3 rings (SSSR count). The van der Waals surface area contributed by atoms with Crippen LogP contribution in [-0.2, 0) is 19.6 Å². The van der Waals surface area contributed by atoms with E-state index in [0.29, 0.717) is 0 Å². The van der Waals surface area contributed by atoms with Crippen LogP contribution in [0.5, 0.6) is 0 Å². The quantitative estimate of drug-likeness (QED) is 0.556. The summed E-state index contributed by atoms with van der Waals surface area (Å²) in [5.41, 5.74) is 10.4. The average molecular weight is 359 g/mol. The highest BCUT2D eigenvalue weighted by molar-refractivity contribution is 5.48. The number of hydrogen-bond acceptors (Lipinski definition) is 2. The molecule has 0 aliphatic rings. The zero-order chi connectivity index (χ0) is 19.2. The predicted octanol–water partition coefficient (Wildman–Crippen LogP) is 5.82. The number of hydrogen-bond donors (Lipinski definition) is 2. The zero-order valence-electron chi connectivity index (χ0n) is 16.9. The van der Waals surface area contributed by atoms with E-state index < -0.39 is 0 Å². The van der Waals surface area contributed by atoms with E-state index >= 15 is 0 Å². The summed E-state index contributed by atoms with van der Waals surface area (Å²) in [5, 5.41) is 7.07. The first-order valence-corrected chi connectivity index (χ1v) is 9.66. The van der Waals surface area contributed by atoms with E-state index in [-0.39, 0.29) is 0 Å². The number of aryl methyl sites for hydroxylation is 4. The highest BCUT2D eigenvalue weighted by Gasteiger charge is 1.99. The highest BCUT2D eigenvalue weighted by Crippen LogP contribution is 2.15. The Kier molecular flexibility index (Phi) is 6.31. The Balaban J connectivity index is 1.49. The lowest BCUT2D eigenvalue weighted by molar-refractivity contribution is 0.692. The molecule has 0 heterocycles. The monoisotopic (exact) mass is 358 g/mol. The Morgan fingerprint density at radius 2 is 0.963 bits per heavy atom. The van der Waals surface area contributed by atoms with Gasteiger partial charge in [-0.3, -0.25) is 0 Å². The predicted molar refractivity (Wildman–Crippen MR) is 116 cm³/mol. The van der Waals surface area contributed by atoms with Crippen molar-refractivity contribution in [2.75, 3.05) is 5.32 Å². The van der Waals surface area contributed by atoms with Gasteiger partial charge in [-0.2, -0.15) is 0 Å². The molecular weight excluding hydrogens is 328 g/mol. The second-order valence-corrected chi connectivity index (χ2v) is 7.65. The molecule has 0 saturated heterocycles. The van der Waals surface area contributed by atoms with Crippen LogP contribution < -0.4 is 10.6 Å². The van der Waals surface area contributed by atoms with Crippen LogP contribution in [0, 0.1) is 27.7 Å². The van der Waals surface area contributed by atoms with Crippen molar-refractivity contribution in [1.82, 2.24) is 5.32 Å². The second-order valence-electron chi connectivity index (χ2n) is 7.65. The van der Waals surface area contributed by atoms with Crippen LogP contribution in [-0.4, -0.2) is 0 Å². The maximum atomic E-state index is 3.55. The van der Waals surface area contributed by atoms with Crippen LogP contribution in [0.3, 0.4) is 0 Å². The maximum absolute atomic E-state index is 3.55. The summed E-state index contributed by atoms with van der Waals surface area (Å²) < 4.78 is 0. The molecule has 0 bridgehead atoms. The van der Waals surface area contributed by atoms with E-state index in [9.17, 15) is 0 Å². The summed E-state index contributed by atoms with van der Waals surface area (Å²) in [6.07, 6.45) is 0. The molecule has 3 aromatic carbocycles. The molecule has 0 saturated carbocycles. The first-order chi connectivity index (χ1) is 13.0. The summed E-state index contributed by atoms with van der Waals surface area (Å²) in [5.74, 6) is 0. The van der Waals surface area contributed by atoms with Crippen molar-refractivity contribution < 1.29 is 0 Å². The minimum atomic E-state index is 0.846. The summed E-state index contributed by atoms with van der Waals surface area (Å²) >= 11 is 0. The largest absolute Gasteiger partial charge is 0.381 e. The molecule has 0 amide bonds. The van der Waals surface area contributed by atoms with Crippen LogP contribution >= 0.6 is 0 Å². The van der Waals surface area contributed by atoms with Crippen LogP contribution in [0.1, 0.15) is 38.9 Å². The molecule has 140 valence electrons. The molecule has 2 nitrogen and oxygen atoms in total. The lowest BCUT2D eigenvalue weighted by Crippen LogP contribution is -2.13. The van der Waals surface area contributed by atoms with Crippen molar-refractivity contribution >= 4 is 5.69 Å². The molecule has 2 heteroatoms. The van der Waals surface area contributed by atoms with Crippen LogP contribution in [0.15, 0.2) is 60.7 Å². The molecule has 2 N–H and O–H groups in total. The van der Waals surface area contributed by atoms with Gasteiger partial charge in [0.2, 0.25) is 0 Å². The van der Waals surface area contributed by atoms with Crippen LogP contribution in [0.25, 0.3) is 0 Å². The molecule has 27 heavy (non-hydrogen) atoms. The van der Waals surface area contributed by atoms with Crippen molar-refractivity contribution in [3.63, 3.8) is 0 Å². The fraction of sp³-hybridized carbons (Fsp3) is 0.280. The van der Waals surface area contributed by atoms with Gasteiger partial charge < -0.3 is 10.6 Å². The van der Waals surface area contributed by atoms with Gasteiger partial charge in [0.05, 0.1) is 0 Å². The Morgan fingerprint density at radius 3 is 1.52 bits per heavy atom. The van der Waals surface area contributed by atoms with E-state index in [1.54, 1.807) is 0 Å². The minimum Gasteiger partial charge on any atom is -0.381 e. The third-order valence-electron chi connectivity index (χ3n) is 4.68. The van der Waals surface area contributed by atoms with Crippen molar-refractivity contribution in [2.24, 2.45) is 0 Å². The fourth-order valence-electron chi connectivity index (χ4n) is 3.58. The first kappa shape index (κ1) is 19.2. The molecule has 3 aromatic rings. The Bertz CT molecular complexity index is 854. The van der Waals surface area contributed by atoms with Crippen LogP contribution in [0.2, 0.25) is 0 Å². The summed E-state index contributed by atoms with van der Waals surface area (Å²) in [6.45, 7) is 11.2. The molecule has 0 unspecified atom stereocenters. The molecule has 0 fully saturated rings. The Labute approximate surface area is 163 Å². The first-order valence-electron chi connectivity index (χ1n) is 9.66. The lowest BCUT2D eigenvalue weighted by atomic mass is 10.1. The van der Waals surface area contributed by atoms with Gasteiger partial charge in [0.15, 0.2) is 0 Å². The van der Waals surface area contributed by atoms with Crippen molar-refractivity contribution in [3.8, 4) is 0 Å². The summed E-state index contributed by atoms with van der Waals surface area (Å²) in [7, 11) is 0. The van der Waals surface area contributed by atoms with Gasteiger partial charge in [0.25, 0.3) is 0 Å². The number of anilines is 1. The average Bonchev–Trinajstić information content (AvgIpc) is 2.59. The van der Waals surface area contributed by atoms with E-state index in [1.165, 1.54) is 44.6 Å². The molecule has 0 atom stereocenters. The SMILES string of the molecule is Cc1cc(C)cc(CNCc2ccc(CNc3cc(C)cc(C)c3)cc2)c1. The van der Waals surface area contributed by atoms with E-state index in [1.807, 2.05) is 0 Å². The highest BCUT2D eigenvalue weighted by atomic mass is 14.9. The van der Waals surface area contributed by atoms with E-state index in [0.717, 1.165) is 19.6 Å². The van der Waals surface area contributed by atoms with E-state index in [4.69, 9.17) is 0 Å². The normalized spacial score (nSPS) is 10.8. The van der Waals surface area contributed by atoms with Gasteiger partial charge >= 0.3 is 0 Å². The number of rotatable bonds is 7.